The molecule has 0 radical (unpaired) electrons. The highest BCUT2D eigenvalue weighted by molar-refractivity contribution is 9.10. The summed E-state index contributed by atoms with van der Waals surface area (Å²) < 4.78 is 2.83. The Kier molecular flexibility index (Phi) is 1.86. The van der Waals surface area contributed by atoms with Gasteiger partial charge in [-0.1, -0.05) is 0 Å². The predicted octanol–water partition coefficient (Wildman–Crippen LogP) is 1.59. The van der Waals surface area contributed by atoms with E-state index in [4.69, 9.17) is 5.11 Å². The van der Waals surface area contributed by atoms with E-state index < -0.39 is 0 Å². The number of aliphatic hydroxyl groups excluding tert-OH is 1. The summed E-state index contributed by atoms with van der Waals surface area (Å²) in [5, 5.41) is 8.92. The van der Waals surface area contributed by atoms with Crippen LogP contribution in [0.4, 0.5) is 0 Å². The summed E-state index contributed by atoms with van der Waals surface area (Å²) in [6.07, 6.45) is 3.61. The van der Waals surface area contributed by atoms with Crippen LogP contribution < -0.4 is 0 Å². The first kappa shape index (κ1) is 7.76. The fourth-order valence-corrected chi connectivity index (χ4v) is 1.60. The maximum Gasteiger partial charge on any atom is 0.139 e. The van der Waals surface area contributed by atoms with Crippen molar-refractivity contribution < 1.29 is 5.11 Å². The lowest BCUT2D eigenvalue weighted by Gasteiger charge is -1.97. The second-order valence-corrected chi connectivity index (χ2v) is 3.30. The lowest BCUT2D eigenvalue weighted by molar-refractivity contribution is 0.270. The minimum Gasteiger partial charge on any atom is -0.388 e. The van der Waals surface area contributed by atoms with E-state index in [1.807, 2.05) is 22.7 Å². The Balaban J connectivity index is 2.80. The van der Waals surface area contributed by atoms with Gasteiger partial charge in [-0.25, -0.2) is 4.98 Å². The van der Waals surface area contributed by atoms with Crippen LogP contribution in [0.1, 0.15) is 5.82 Å². The molecule has 4 heteroatoms. The number of imidazole rings is 1. The quantitative estimate of drug-likeness (QED) is 0.803. The van der Waals surface area contributed by atoms with Crippen LogP contribution in [0.25, 0.3) is 5.52 Å². The van der Waals surface area contributed by atoms with Crippen LogP contribution in [-0.2, 0) is 6.61 Å². The van der Waals surface area contributed by atoms with Crippen molar-refractivity contribution in [3.8, 4) is 0 Å². The first-order chi connectivity index (χ1) is 5.83. The molecule has 0 aromatic carbocycles. The first-order valence-corrected chi connectivity index (χ1v) is 4.33. The lowest BCUT2D eigenvalue weighted by atomic mass is 10.4. The van der Waals surface area contributed by atoms with Gasteiger partial charge >= 0.3 is 0 Å². The molecular weight excluding hydrogens is 220 g/mol. The van der Waals surface area contributed by atoms with Crippen LogP contribution in [0.3, 0.4) is 0 Å². The van der Waals surface area contributed by atoms with E-state index in [1.54, 1.807) is 6.20 Å². The molecule has 0 bridgehead atoms. The number of pyridine rings is 1. The summed E-state index contributed by atoms with van der Waals surface area (Å²) in [6.45, 7) is -0.0371. The molecule has 0 aliphatic heterocycles. The van der Waals surface area contributed by atoms with Gasteiger partial charge in [-0.05, 0) is 28.1 Å². The number of hydrogen-bond acceptors (Lipinski definition) is 2. The molecule has 0 aliphatic rings. The molecule has 0 atom stereocenters. The van der Waals surface area contributed by atoms with E-state index in [2.05, 4.69) is 20.9 Å². The zero-order chi connectivity index (χ0) is 8.55. The third kappa shape index (κ3) is 1.04. The monoisotopic (exact) mass is 226 g/mol. The average molecular weight is 227 g/mol. The van der Waals surface area contributed by atoms with Gasteiger partial charge in [-0.15, -0.1) is 0 Å². The molecule has 0 aliphatic carbocycles. The third-order valence-electron chi connectivity index (χ3n) is 1.74. The molecule has 2 aromatic heterocycles. The molecule has 2 heterocycles. The second-order valence-electron chi connectivity index (χ2n) is 2.44. The number of aliphatic hydroxyl groups is 1. The summed E-state index contributed by atoms with van der Waals surface area (Å²) in [5.41, 5.74) is 0.974. The number of fused-ring (bicyclic) bond motifs is 1. The fraction of sp³-hybridized carbons (Fsp3) is 0.125. The molecule has 0 saturated carbocycles. The number of nitrogens with zero attached hydrogens (tertiary/aromatic N) is 2. The summed E-state index contributed by atoms with van der Waals surface area (Å²) >= 11 is 3.40. The topological polar surface area (TPSA) is 37.5 Å². The Hall–Kier alpha value is -0.870. The zero-order valence-corrected chi connectivity index (χ0v) is 7.82. The first-order valence-electron chi connectivity index (χ1n) is 3.54. The molecule has 3 nitrogen and oxygen atoms in total. The van der Waals surface area contributed by atoms with Crippen LogP contribution in [-0.4, -0.2) is 14.5 Å². The Labute approximate surface area is 77.8 Å². The molecule has 0 spiro atoms. The Morgan fingerprint density at radius 3 is 3.17 bits per heavy atom. The van der Waals surface area contributed by atoms with Gasteiger partial charge in [0.05, 0.1) is 11.7 Å². The van der Waals surface area contributed by atoms with E-state index in [-0.39, 0.29) is 6.61 Å². The van der Waals surface area contributed by atoms with Crippen molar-refractivity contribution in [1.82, 2.24) is 9.38 Å². The van der Waals surface area contributed by atoms with E-state index in [0.717, 1.165) is 9.99 Å². The smallest absolute Gasteiger partial charge is 0.139 e. The predicted molar refractivity (Wildman–Crippen MR) is 48.8 cm³/mol. The fourth-order valence-electron chi connectivity index (χ4n) is 1.16. The second kappa shape index (κ2) is 2.88. The van der Waals surface area contributed by atoms with Crippen LogP contribution in [0.15, 0.2) is 29.0 Å². The van der Waals surface area contributed by atoms with Crippen molar-refractivity contribution in [2.45, 2.75) is 6.61 Å². The van der Waals surface area contributed by atoms with Gasteiger partial charge in [-0.3, -0.25) is 0 Å². The standard InChI is InChI=1S/C8H7BrN2O/c9-6-2-1-3-11-7(6)4-10-8(11)5-12/h1-4,12H,5H2. The van der Waals surface area contributed by atoms with Gasteiger partial charge in [-0.2, -0.15) is 0 Å². The van der Waals surface area contributed by atoms with Gasteiger partial charge in [0.1, 0.15) is 12.4 Å². The van der Waals surface area contributed by atoms with Crippen molar-refractivity contribution >= 4 is 21.4 Å². The number of rotatable bonds is 1. The van der Waals surface area contributed by atoms with Crippen LogP contribution >= 0.6 is 15.9 Å². The highest BCUT2D eigenvalue weighted by Gasteiger charge is 2.02. The summed E-state index contributed by atoms with van der Waals surface area (Å²) in [4.78, 5) is 4.06. The minimum atomic E-state index is -0.0371. The average Bonchev–Trinajstić information content (AvgIpc) is 2.49. The van der Waals surface area contributed by atoms with Crippen molar-refractivity contribution in [2.75, 3.05) is 0 Å². The maximum absolute atomic E-state index is 8.92. The summed E-state index contributed by atoms with van der Waals surface area (Å²) in [5.74, 6) is 0.659. The molecule has 0 unspecified atom stereocenters. The third-order valence-corrected chi connectivity index (χ3v) is 2.41. The lowest BCUT2D eigenvalue weighted by Crippen LogP contribution is -1.92. The molecule has 12 heavy (non-hydrogen) atoms. The van der Waals surface area contributed by atoms with Crippen molar-refractivity contribution in [3.63, 3.8) is 0 Å². The molecule has 62 valence electrons. The number of aromatic nitrogens is 2. The normalized spacial score (nSPS) is 10.8. The highest BCUT2D eigenvalue weighted by atomic mass is 79.9. The van der Waals surface area contributed by atoms with E-state index in [9.17, 15) is 0 Å². The van der Waals surface area contributed by atoms with Crippen molar-refractivity contribution in [1.29, 1.82) is 0 Å². The van der Waals surface area contributed by atoms with Gasteiger partial charge in [0, 0.05) is 10.7 Å². The van der Waals surface area contributed by atoms with Crippen LogP contribution in [0.2, 0.25) is 0 Å². The van der Waals surface area contributed by atoms with Crippen molar-refractivity contribution in [3.05, 3.63) is 34.8 Å². The Morgan fingerprint density at radius 2 is 2.42 bits per heavy atom. The molecule has 0 fully saturated rings. The van der Waals surface area contributed by atoms with E-state index in [1.165, 1.54) is 0 Å². The molecular formula is C8H7BrN2O. The van der Waals surface area contributed by atoms with Gasteiger partial charge < -0.3 is 9.51 Å². The maximum atomic E-state index is 8.92. The molecule has 2 aromatic rings. The SMILES string of the molecule is OCc1ncc2c(Br)cccn12. The Bertz CT molecular complexity index is 410. The highest BCUT2D eigenvalue weighted by Crippen LogP contribution is 2.18. The van der Waals surface area contributed by atoms with E-state index >= 15 is 0 Å². The van der Waals surface area contributed by atoms with Crippen LogP contribution in [0.5, 0.6) is 0 Å². The summed E-state index contributed by atoms with van der Waals surface area (Å²) in [6, 6.07) is 3.84. The van der Waals surface area contributed by atoms with Gasteiger partial charge in [0.15, 0.2) is 0 Å². The Morgan fingerprint density at radius 1 is 1.58 bits per heavy atom. The molecule has 0 saturated heterocycles. The summed E-state index contributed by atoms with van der Waals surface area (Å²) in [7, 11) is 0. The molecule has 1 N–H and O–H groups in total. The largest absolute Gasteiger partial charge is 0.388 e. The molecule has 2 rings (SSSR count). The number of halogens is 1. The van der Waals surface area contributed by atoms with Gasteiger partial charge in [0.25, 0.3) is 0 Å². The van der Waals surface area contributed by atoms with Gasteiger partial charge in [0.2, 0.25) is 0 Å². The van der Waals surface area contributed by atoms with E-state index in [0.29, 0.717) is 5.82 Å². The van der Waals surface area contributed by atoms with Crippen molar-refractivity contribution in [2.24, 2.45) is 0 Å². The zero-order valence-electron chi connectivity index (χ0n) is 6.24. The van der Waals surface area contributed by atoms with Crippen LogP contribution in [0, 0.1) is 0 Å². The molecule has 0 amide bonds. The minimum absolute atomic E-state index is 0.0371. The number of hydrogen-bond donors (Lipinski definition) is 1.